The molecule has 5 rings (SSSR count). The van der Waals surface area contributed by atoms with E-state index in [1.807, 2.05) is 24.4 Å². The average molecular weight is 454 g/mol. The summed E-state index contributed by atoms with van der Waals surface area (Å²) in [7, 11) is 0. The Kier molecular flexibility index (Phi) is 4.31. The van der Waals surface area contributed by atoms with Crippen molar-refractivity contribution in [3.63, 3.8) is 0 Å². The maximum Gasteiger partial charge on any atom is 0.306 e. The highest BCUT2D eigenvalue weighted by molar-refractivity contribution is 9.10. The summed E-state index contributed by atoms with van der Waals surface area (Å²) in [5.74, 6) is -0.269. The van der Waals surface area contributed by atoms with Crippen LogP contribution in [0.25, 0.3) is 27.7 Å². The summed E-state index contributed by atoms with van der Waals surface area (Å²) in [6, 6.07) is 8.24. The van der Waals surface area contributed by atoms with E-state index in [0.29, 0.717) is 18.7 Å². The molecule has 0 radical (unpaired) electrons. The lowest BCUT2D eigenvalue weighted by molar-refractivity contribution is -0.142. The number of carbonyl (C=O) groups is 1. The average Bonchev–Trinajstić information content (AvgIpc) is 3.37. The second-order valence-corrected chi connectivity index (χ2v) is 8.45. The summed E-state index contributed by atoms with van der Waals surface area (Å²) in [5.41, 5.74) is 11.0. The van der Waals surface area contributed by atoms with Crippen molar-refractivity contribution in [2.24, 2.45) is 5.92 Å². The van der Waals surface area contributed by atoms with Gasteiger partial charge in [-0.1, -0.05) is 6.07 Å². The first kappa shape index (κ1) is 18.2. The van der Waals surface area contributed by atoms with Crippen LogP contribution < -0.4 is 5.73 Å². The number of hydrogen-bond donors (Lipinski definition) is 3. The van der Waals surface area contributed by atoms with Gasteiger partial charge in [0.25, 0.3) is 0 Å². The molecule has 3 aromatic heterocycles. The number of H-pyrrole nitrogens is 1. The molecule has 0 unspecified atom stereocenters. The van der Waals surface area contributed by atoms with E-state index in [1.165, 1.54) is 0 Å². The van der Waals surface area contributed by atoms with E-state index in [4.69, 9.17) is 10.7 Å². The lowest BCUT2D eigenvalue weighted by atomic mass is 9.80. The van der Waals surface area contributed by atoms with Crippen LogP contribution in [0.4, 0.5) is 5.82 Å². The van der Waals surface area contributed by atoms with Crippen molar-refractivity contribution in [2.45, 2.75) is 31.6 Å². The molecule has 8 heteroatoms. The molecule has 4 N–H and O–H groups in total. The lowest BCUT2D eigenvalue weighted by Gasteiger charge is -2.26. The molecule has 0 spiro atoms. The van der Waals surface area contributed by atoms with E-state index >= 15 is 0 Å². The summed E-state index contributed by atoms with van der Waals surface area (Å²) in [6.07, 6.45) is 6.62. The number of nitrogen functional groups attached to an aromatic ring is 1. The van der Waals surface area contributed by atoms with Crippen LogP contribution in [0, 0.1) is 5.92 Å². The molecular formula is C21H20BrN5O2. The fourth-order valence-corrected chi connectivity index (χ4v) is 4.90. The first-order valence-corrected chi connectivity index (χ1v) is 10.4. The monoisotopic (exact) mass is 453 g/mol. The number of halogens is 1. The van der Waals surface area contributed by atoms with Crippen molar-refractivity contribution < 1.29 is 9.90 Å². The fraction of sp³-hybridized carbons (Fsp3) is 0.286. The minimum atomic E-state index is -0.705. The minimum absolute atomic E-state index is 0.183. The molecule has 4 aromatic rings. The van der Waals surface area contributed by atoms with Gasteiger partial charge < -0.3 is 15.8 Å². The van der Waals surface area contributed by atoms with Gasteiger partial charge in [-0.05, 0) is 70.8 Å². The minimum Gasteiger partial charge on any atom is -0.481 e. The number of nitrogens with one attached hydrogen (secondary N) is 1. The third-order valence-electron chi connectivity index (χ3n) is 5.98. The van der Waals surface area contributed by atoms with Gasteiger partial charge in [-0.25, -0.2) is 4.98 Å². The van der Waals surface area contributed by atoms with Crippen LogP contribution in [0.2, 0.25) is 0 Å². The summed E-state index contributed by atoms with van der Waals surface area (Å²) in [5, 5.41) is 14.9. The second kappa shape index (κ2) is 6.88. The van der Waals surface area contributed by atoms with Gasteiger partial charge in [-0.15, -0.1) is 0 Å². The Morgan fingerprint density at radius 1 is 1.24 bits per heavy atom. The summed E-state index contributed by atoms with van der Waals surface area (Å²) >= 11 is 3.60. The molecule has 0 saturated heterocycles. The smallest absolute Gasteiger partial charge is 0.306 e. The van der Waals surface area contributed by atoms with Gasteiger partial charge in [0, 0.05) is 23.2 Å². The van der Waals surface area contributed by atoms with Crippen LogP contribution in [0.15, 0.2) is 41.1 Å². The van der Waals surface area contributed by atoms with E-state index in [-0.39, 0.29) is 11.8 Å². The second-order valence-electron chi connectivity index (χ2n) is 7.66. The Labute approximate surface area is 175 Å². The van der Waals surface area contributed by atoms with E-state index in [0.717, 1.165) is 50.7 Å². The number of benzene rings is 1. The molecule has 1 aliphatic carbocycles. The predicted octanol–water partition coefficient (Wildman–Crippen LogP) is 4.58. The maximum atomic E-state index is 11.3. The molecule has 1 aliphatic rings. The van der Waals surface area contributed by atoms with Crippen LogP contribution in [0.1, 0.15) is 37.3 Å². The quantitative estimate of drug-likeness (QED) is 0.420. The molecule has 29 heavy (non-hydrogen) atoms. The number of carboxylic acid groups (broad SMARTS) is 1. The molecule has 0 aliphatic heterocycles. The molecule has 1 aromatic carbocycles. The molecule has 3 heterocycles. The molecule has 1 fully saturated rings. The zero-order chi connectivity index (χ0) is 20.1. The van der Waals surface area contributed by atoms with Crippen LogP contribution in [-0.2, 0) is 4.79 Å². The van der Waals surface area contributed by atoms with Gasteiger partial charge in [0.05, 0.1) is 22.3 Å². The zero-order valence-corrected chi connectivity index (χ0v) is 17.2. The third kappa shape index (κ3) is 2.98. The normalized spacial score (nSPS) is 19.8. The van der Waals surface area contributed by atoms with Crippen molar-refractivity contribution in [3.8, 4) is 11.1 Å². The summed E-state index contributed by atoms with van der Waals surface area (Å²) in [4.78, 5) is 19.4. The molecule has 0 bridgehead atoms. The first-order valence-electron chi connectivity index (χ1n) is 9.66. The number of nitrogens with two attached hydrogens (primary N) is 1. The number of rotatable bonds is 3. The van der Waals surface area contributed by atoms with Gasteiger partial charge in [0.2, 0.25) is 0 Å². The Morgan fingerprint density at radius 2 is 2.03 bits per heavy atom. The van der Waals surface area contributed by atoms with Gasteiger partial charge >= 0.3 is 5.97 Å². The van der Waals surface area contributed by atoms with Crippen LogP contribution in [0.5, 0.6) is 0 Å². The van der Waals surface area contributed by atoms with E-state index in [1.54, 1.807) is 10.7 Å². The molecule has 0 atom stereocenters. The van der Waals surface area contributed by atoms with Crippen molar-refractivity contribution in [1.82, 2.24) is 19.6 Å². The highest BCUT2D eigenvalue weighted by Crippen LogP contribution is 2.40. The van der Waals surface area contributed by atoms with Crippen molar-refractivity contribution in [1.29, 1.82) is 0 Å². The molecule has 1 saturated carbocycles. The number of nitrogens with zero attached hydrogens (tertiary/aromatic N) is 3. The Bertz CT molecular complexity index is 1240. The van der Waals surface area contributed by atoms with Gasteiger partial charge in [0.1, 0.15) is 5.82 Å². The van der Waals surface area contributed by atoms with Gasteiger partial charge in [-0.3, -0.25) is 4.79 Å². The summed E-state index contributed by atoms with van der Waals surface area (Å²) < 4.78 is 2.41. The van der Waals surface area contributed by atoms with E-state index in [9.17, 15) is 9.90 Å². The first-order chi connectivity index (χ1) is 14.0. The largest absolute Gasteiger partial charge is 0.481 e. The van der Waals surface area contributed by atoms with E-state index < -0.39 is 5.97 Å². The highest BCUT2D eigenvalue weighted by Gasteiger charge is 2.30. The lowest BCUT2D eigenvalue weighted by Crippen LogP contribution is -2.21. The van der Waals surface area contributed by atoms with Gasteiger partial charge in [0.15, 0.2) is 5.65 Å². The predicted molar refractivity (Wildman–Crippen MR) is 115 cm³/mol. The van der Waals surface area contributed by atoms with Crippen molar-refractivity contribution >= 4 is 44.3 Å². The number of aliphatic carboxylic acids is 1. The van der Waals surface area contributed by atoms with Crippen LogP contribution >= 0.6 is 15.9 Å². The van der Waals surface area contributed by atoms with Crippen LogP contribution in [-0.4, -0.2) is 30.7 Å². The summed E-state index contributed by atoms with van der Waals surface area (Å²) in [6.45, 7) is 0. The van der Waals surface area contributed by atoms with E-state index in [2.05, 4.69) is 32.1 Å². The number of fused-ring (bicyclic) bond motifs is 2. The van der Waals surface area contributed by atoms with Crippen molar-refractivity contribution in [2.75, 3.05) is 5.73 Å². The third-order valence-corrected chi connectivity index (χ3v) is 6.79. The number of anilines is 1. The van der Waals surface area contributed by atoms with Gasteiger partial charge in [-0.2, -0.15) is 9.61 Å². The number of hydrogen-bond acceptors (Lipinski definition) is 4. The Balaban J connectivity index is 1.59. The highest BCUT2D eigenvalue weighted by atomic mass is 79.9. The zero-order valence-electron chi connectivity index (χ0n) is 15.6. The topological polar surface area (TPSA) is 109 Å². The van der Waals surface area contributed by atoms with Crippen LogP contribution in [0.3, 0.4) is 0 Å². The molecule has 148 valence electrons. The standard InChI is InChI=1S/C21H20BrN5O2/c22-17-18(11-1-3-12(4-2-11)21(28)29)26-20-15(10-25-27(20)19(17)23)13-5-6-16-14(9-13)7-8-24-16/h5-12,24H,1-4,23H2,(H,28,29). The van der Waals surface area contributed by atoms with Crippen molar-refractivity contribution in [3.05, 3.63) is 46.8 Å². The SMILES string of the molecule is Nc1c(Br)c(C2CCC(C(=O)O)CC2)nc2c(-c3ccc4[nH]ccc4c3)cnn12. The Hall–Kier alpha value is -2.87. The Morgan fingerprint density at radius 3 is 2.79 bits per heavy atom. The number of aromatic nitrogens is 4. The molecule has 7 nitrogen and oxygen atoms in total. The molecular weight excluding hydrogens is 434 g/mol. The number of aromatic amines is 1. The molecule has 0 amide bonds. The number of carboxylic acids is 1. The fourth-order valence-electron chi connectivity index (χ4n) is 4.32. The maximum absolute atomic E-state index is 11.3.